The smallest absolute Gasteiger partial charge is 0.329 e. The number of fused-ring (bicyclic) bond motifs is 1. The molecule has 0 aromatic carbocycles. The summed E-state index contributed by atoms with van der Waals surface area (Å²) in [5, 5.41) is 9.59. The maximum Gasteiger partial charge on any atom is 0.329 e. The summed E-state index contributed by atoms with van der Waals surface area (Å²) >= 11 is 0. The normalized spacial score (nSPS) is 11.0. The molecule has 0 unspecified atom stereocenters. The van der Waals surface area contributed by atoms with Crippen LogP contribution in [0.3, 0.4) is 0 Å². The molecule has 0 spiro atoms. The molecule has 2 rings (SSSR count). The Labute approximate surface area is 127 Å². The van der Waals surface area contributed by atoms with E-state index in [9.17, 15) is 14.9 Å². The van der Waals surface area contributed by atoms with Gasteiger partial charge in [-0.1, -0.05) is 27.2 Å². The van der Waals surface area contributed by atoms with Crippen molar-refractivity contribution in [1.29, 1.82) is 5.26 Å². The number of nitrogens with one attached hydrogen (secondary N) is 1. The molecule has 22 heavy (non-hydrogen) atoms. The molecule has 0 amide bonds. The molecule has 0 bridgehead atoms. The van der Waals surface area contributed by atoms with Crippen LogP contribution in [0.5, 0.6) is 0 Å². The number of H-pyrrole nitrogens is 1. The van der Waals surface area contributed by atoms with Gasteiger partial charge in [-0.25, -0.2) is 9.78 Å². The van der Waals surface area contributed by atoms with Gasteiger partial charge in [-0.15, -0.1) is 0 Å². The fourth-order valence-corrected chi connectivity index (χ4v) is 2.57. The van der Waals surface area contributed by atoms with Crippen molar-refractivity contribution in [3.63, 3.8) is 0 Å². The van der Waals surface area contributed by atoms with Gasteiger partial charge in [0.05, 0.1) is 10.9 Å². The Morgan fingerprint density at radius 2 is 2.09 bits per heavy atom. The van der Waals surface area contributed by atoms with Crippen LogP contribution in [0.2, 0.25) is 0 Å². The van der Waals surface area contributed by atoms with E-state index in [-0.39, 0.29) is 28.3 Å². The SMILES string of the molecule is CCCCn1c(=O)[nH]c(=O)c2c(C(C)C)c(C#N)c(N)nc21. The van der Waals surface area contributed by atoms with E-state index >= 15 is 0 Å². The number of nitrogens with zero attached hydrogens (tertiary/aromatic N) is 3. The third kappa shape index (κ3) is 2.48. The Hall–Kier alpha value is -2.62. The first kappa shape index (κ1) is 15.8. The van der Waals surface area contributed by atoms with Crippen LogP contribution in [0.4, 0.5) is 5.82 Å². The van der Waals surface area contributed by atoms with Crippen molar-refractivity contribution in [2.45, 2.75) is 46.1 Å². The predicted octanol–water partition coefficient (Wildman–Crippen LogP) is 1.46. The highest BCUT2D eigenvalue weighted by atomic mass is 16.2. The highest BCUT2D eigenvalue weighted by Crippen LogP contribution is 2.28. The van der Waals surface area contributed by atoms with Crippen LogP contribution in [0, 0.1) is 11.3 Å². The molecule has 2 aromatic heterocycles. The van der Waals surface area contributed by atoms with Crippen LogP contribution < -0.4 is 17.0 Å². The molecular formula is C15H19N5O2. The number of nitrogens with two attached hydrogens (primary N) is 1. The monoisotopic (exact) mass is 301 g/mol. The number of anilines is 1. The highest BCUT2D eigenvalue weighted by molar-refractivity contribution is 5.84. The van der Waals surface area contributed by atoms with E-state index < -0.39 is 11.2 Å². The number of hydrogen-bond acceptors (Lipinski definition) is 5. The standard InChI is InChI=1S/C15H19N5O2/c1-4-5-6-20-13-11(14(21)19-15(20)22)10(8(2)3)9(7-16)12(17)18-13/h8H,4-6H2,1-3H3,(H2,17,18)(H,19,21,22). The number of aromatic amines is 1. The molecule has 0 fully saturated rings. The average molecular weight is 301 g/mol. The largest absolute Gasteiger partial charge is 0.383 e. The second kappa shape index (κ2) is 6.02. The average Bonchev–Trinajstić information content (AvgIpc) is 2.45. The lowest BCUT2D eigenvalue weighted by Gasteiger charge is -2.15. The van der Waals surface area contributed by atoms with E-state index in [0.29, 0.717) is 12.1 Å². The van der Waals surface area contributed by atoms with Crippen molar-refractivity contribution >= 4 is 16.9 Å². The molecule has 0 aliphatic heterocycles. The van der Waals surface area contributed by atoms with Crippen molar-refractivity contribution in [2.24, 2.45) is 0 Å². The van der Waals surface area contributed by atoms with Gasteiger partial charge in [0.1, 0.15) is 11.9 Å². The van der Waals surface area contributed by atoms with Crippen LogP contribution in [-0.2, 0) is 6.54 Å². The summed E-state index contributed by atoms with van der Waals surface area (Å²) in [6.45, 7) is 6.19. The van der Waals surface area contributed by atoms with Crippen LogP contribution in [0.1, 0.15) is 50.7 Å². The molecule has 2 heterocycles. The number of nitrogen functional groups attached to an aromatic ring is 1. The number of aryl methyl sites for hydroxylation is 1. The van der Waals surface area contributed by atoms with E-state index in [0.717, 1.165) is 12.8 Å². The maximum absolute atomic E-state index is 12.3. The molecule has 0 radical (unpaired) electrons. The first-order chi connectivity index (χ1) is 10.4. The van der Waals surface area contributed by atoms with Gasteiger partial charge in [0.15, 0.2) is 5.65 Å². The number of aromatic nitrogens is 3. The summed E-state index contributed by atoms with van der Waals surface area (Å²) in [5.74, 6) is -0.0466. The van der Waals surface area contributed by atoms with Crippen molar-refractivity contribution < 1.29 is 0 Å². The molecule has 0 aliphatic rings. The Morgan fingerprint density at radius 1 is 1.41 bits per heavy atom. The summed E-state index contributed by atoms with van der Waals surface area (Å²) in [5.41, 5.74) is 5.84. The lowest BCUT2D eigenvalue weighted by Crippen LogP contribution is -2.32. The summed E-state index contributed by atoms with van der Waals surface area (Å²) in [4.78, 5) is 30.8. The number of unbranched alkanes of at least 4 members (excludes halogenated alkanes) is 1. The summed E-state index contributed by atoms with van der Waals surface area (Å²) in [7, 11) is 0. The molecule has 0 aliphatic carbocycles. The topological polar surface area (TPSA) is 118 Å². The minimum absolute atomic E-state index is 0.0500. The zero-order valence-electron chi connectivity index (χ0n) is 12.9. The van der Waals surface area contributed by atoms with Gasteiger partial charge >= 0.3 is 5.69 Å². The van der Waals surface area contributed by atoms with Crippen molar-refractivity contribution in [1.82, 2.24) is 14.5 Å². The minimum Gasteiger partial charge on any atom is -0.383 e. The Morgan fingerprint density at radius 3 is 2.64 bits per heavy atom. The summed E-state index contributed by atoms with van der Waals surface area (Å²) in [6, 6.07) is 2.01. The van der Waals surface area contributed by atoms with E-state index in [1.165, 1.54) is 4.57 Å². The third-order valence-corrected chi connectivity index (χ3v) is 3.62. The first-order valence-electron chi connectivity index (χ1n) is 7.28. The Bertz CT molecular complexity index is 871. The van der Waals surface area contributed by atoms with Gasteiger partial charge in [-0.2, -0.15) is 5.26 Å². The van der Waals surface area contributed by atoms with Gasteiger partial charge in [0.25, 0.3) is 5.56 Å². The fourth-order valence-electron chi connectivity index (χ4n) is 2.57. The van der Waals surface area contributed by atoms with E-state index in [1.54, 1.807) is 0 Å². The molecule has 116 valence electrons. The number of nitriles is 1. The summed E-state index contributed by atoms with van der Waals surface area (Å²) < 4.78 is 1.42. The lowest BCUT2D eigenvalue weighted by atomic mass is 9.95. The van der Waals surface area contributed by atoms with Crippen LogP contribution in [0.15, 0.2) is 9.59 Å². The molecule has 7 heteroatoms. The molecule has 0 saturated carbocycles. The second-order valence-electron chi connectivity index (χ2n) is 5.52. The predicted molar refractivity (Wildman–Crippen MR) is 84.7 cm³/mol. The molecule has 7 nitrogen and oxygen atoms in total. The van der Waals surface area contributed by atoms with Gasteiger partial charge in [-0.3, -0.25) is 14.3 Å². The Kier molecular flexibility index (Phi) is 4.31. The van der Waals surface area contributed by atoms with Gasteiger partial charge in [-0.05, 0) is 17.9 Å². The van der Waals surface area contributed by atoms with Gasteiger partial charge < -0.3 is 5.73 Å². The van der Waals surface area contributed by atoms with Gasteiger partial charge in [0, 0.05) is 6.54 Å². The zero-order valence-corrected chi connectivity index (χ0v) is 12.9. The van der Waals surface area contributed by atoms with Crippen LogP contribution >= 0.6 is 0 Å². The molecular weight excluding hydrogens is 282 g/mol. The summed E-state index contributed by atoms with van der Waals surface area (Å²) in [6.07, 6.45) is 1.68. The molecule has 2 aromatic rings. The number of rotatable bonds is 4. The minimum atomic E-state index is -0.527. The van der Waals surface area contributed by atoms with Crippen molar-refractivity contribution in [3.05, 3.63) is 32.0 Å². The molecule has 0 saturated heterocycles. The fraction of sp³-hybridized carbons (Fsp3) is 0.467. The van der Waals surface area contributed by atoms with Crippen molar-refractivity contribution in [2.75, 3.05) is 5.73 Å². The van der Waals surface area contributed by atoms with Crippen molar-refractivity contribution in [3.8, 4) is 6.07 Å². The molecule has 0 atom stereocenters. The van der Waals surface area contributed by atoms with Crippen LogP contribution in [-0.4, -0.2) is 14.5 Å². The number of hydrogen-bond donors (Lipinski definition) is 2. The Balaban J connectivity index is 3.01. The lowest BCUT2D eigenvalue weighted by molar-refractivity contribution is 0.612. The van der Waals surface area contributed by atoms with Crippen LogP contribution in [0.25, 0.3) is 11.0 Å². The van der Waals surface area contributed by atoms with E-state index in [1.807, 2.05) is 26.8 Å². The highest BCUT2D eigenvalue weighted by Gasteiger charge is 2.21. The van der Waals surface area contributed by atoms with E-state index in [4.69, 9.17) is 5.73 Å². The van der Waals surface area contributed by atoms with E-state index in [2.05, 4.69) is 9.97 Å². The first-order valence-corrected chi connectivity index (χ1v) is 7.28. The third-order valence-electron chi connectivity index (χ3n) is 3.62. The zero-order chi connectivity index (χ0) is 16.4. The second-order valence-corrected chi connectivity index (χ2v) is 5.52. The number of pyridine rings is 1. The quantitative estimate of drug-likeness (QED) is 0.886. The van der Waals surface area contributed by atoms with Gasteiger partial charge in [0.2, 0.25) is 0 Å². The molecule has 3 N–H and O–H groups in total. The maximum atomic E-state index is 12.3.